The Hall–Kier alpha value is -0.770. The number of aliphatic hydroxyl groups excluding tert-OH is 1. The number of fused-ring (bicyclic) bond motifs is 1. The topological polar surface area (TPSA) is 60.8 Å². The molecule has 1 aliphatic heterocycles. The van der Waals surface area contributed by atoms with Crippen LogP contribution < -0.4 is 0 Å². The molecule has 4 heteroatoms. The Bertz CT molecular complexity index is 188. The standard InChI is InChI=1S/C7H11NO3/c9-5-2-1-4-3-8(6(4)5)7(10)11/h4-6,9H,1-3H2,(H,10,11)/t4-,5?,6+/m1/s1. The lowest BCUT2D eigenvalue weighted by molar-refractivity contribution is -0.0122. The Labute approximate surface area is 64.4 Å². The van der Waals surface area contributed by atoms with E-state index in [-0.39, 0.29) is 6.04 Å². The Morgan fingerprint density at radius 2 is 2.18 bits per heavy atom. The number of hydrogen-bond acceptors (Lipinski definition) is 2. The highest BCUT2D eigenvalue weighted by atomic mass is 16.4. The monoisotopic (exact) mass is 157 g/mol. The third-order valence-corrected chi connectivity index (χ3v) is 2.75. The number of nitrogens with zero attached hydrogens (tertiary/aromatic N) is 1. The van der Waals surface area contributed by atoms with Gasteiger partial charge in [0.2, 0.25) is 0 Å². The van der Waals surface area contributed by atoms with Gasteiger partial charge in [0, 0.05) is 6.54 Å². The Balaban J connectivity index is 2.05. The van der Waals surface area contributed by atoms with Gasteiger partial charge in [0.15, 0.2) is 0 Å². The highest BCUT2D eigenvalue weighted by Crippen LogP contribution is 2.38. The average molecular weight is 157 g/mol. The number of aliphatic hydroxyl groups is 1. The molecular weight excluding hydrogens is 146 g/mol. The smallest absolute Gasteiger partial charge is 0.407 e. The van der Waals surface area contributed by atoms with Crippen LogP contribution in [0, 0.1) is 5.92 Å². The molecule has 2 N–H and O–H groups in total. The van der Waals surface area contributed by atoms with Gasteiger partial charge in [-0.3, -0.25) is 0 Å². The average Bonchev–Trinajstić information content (AvgIpc) is 2.06. The zero-order valence-corrected chi connectivity index (χ0v) is 6.10. The maximum Gasteiger partial charge on any atom is 0.407 e. The summed E-state index contributed by atoms with van der Waals surface area (Å²) < 4.78 is 0. The minimum Gasteiger partial charge on any atom is -0.465 e. The molecule has 1 heterocycles. The summed E-state index contributed by atoms with van der Waals surface area (Å²) in [4.78, 5) is 11.8. The lowest BCUT2D eigenvalue weighted by Crippen LogP contribution is -2.59. The quantitative estimate of drug-likeness (QED) is 0.525. The molecule has 0 aromatic carbocycles. The van der Waals surface area contributed by atoms with E-state index in [1.807, 2.05) is 0 Å². The highest BCUT2D eigenvalue weighted by molar-refractivity contribution is 5.67. The van der Waals surface area contributed by atoms with Crippen LogP contribution >= 0.6 is 0 Å². The molecule has 0 radical (unpaired) electrons. The van der Waals surface area contributed by atoms with Crippen LogP contribution in [0.4, 0.5) is 4.79 Å². The van der Waals surface area contributed by atoms with Crippen LogP contribution in [0.3, 0.4) is 0 Å². The molecule has 4 nitrogen and oxygen atoms in total. The Kier molecular flexibility index (Phi) is 1.32. The van der Waals surface area contributed by atoms with Crippen LogP contribution in [-0.4, -0.2) is 39.9 Å². The van der Waals surface area contributed by atoms with E-state index in [1.54, 1.807) is 0 Å². The number of hydrogen-bond donors (Lipinski definition) is 2. The van der Waals surface area contributed by atoms with E-state index in [4.69, 9.17) is 5.11 Å². The maximum absolute atomic E-state index is 10.5. The van der Waals surface area contributed by atoms with Gasteiger partial charge in [-0.05, 0) is 18.8 Å². The van der Waals surface area contributed by atoms with Crippen LogP contribution in [0.2, 0.25) is 0 Å². The molecule has 2 fully saturated rings. The zero-order chi connectivity index (χ0) is 8.01. The second-order valence-electron chi connectivity index (χ2n) is 3.33. The van der Waals surface area contributed by atoms with Gasteiger partial charge in [-0.1, -0.05) is 0 Å². The van der Waals surface area contributed by atoms with Crippen molar-refractivity contribution in [2.45, 2.75) is 25.0 Å². The molecule has 0 bridgehead atoms. The van der Waals surface area contributed by atoms with Crippen molar-refractivity contribution < 1.29 is 15.0 Å². The first-order valence-electron chi connectivity index (χ1n) is 3.88. The van der Waals surface area contributed by atoms with Crippen molar-refractivity contribution in [3.8, 4) is 0 Å². The normalized spacial score (nSPS) is 41.5. The number of amides is 1. The molecule has 1 saturated carbocycles. The van der Waals surface area contributed by atoms with E-state index in [0.29, 0.717) is 12.5 Å². The molecule has 0 aromatic rings. The molecule has 11 heavy (non-hydrogen) atoms. The first-order chi connectivity index (χ1) is 5.20. The van der Waals surface area contributed by atoms with E-state index in [2.05, 4.69) is 0 Å². The first kappa shape index (κ1) is 6.91. The van der Waals surface area contributed by atoms with E-state index < -0.39 is 12.2 Å². The van der Waals surface area contributed by atoms with Gasteiger partial charge in [0.1, 0.15) is 0 Å². The fourth-order valence-corrected chi connectivity index (χ4v) is 2.14. The van der Waals surface area contributed by atoms with Gasteiger partial charge >= 0.3 is 6.09 Å². The summed E-state index contributed by atoms with van der Waals surface area (Å²) in [5.74, 6) is 0.432. The summed E-state index contributed by atoms with van der Waals surface area (Å²) in [6.07, 6.45) is 0.436. The van der Waals surface area contributed by atoms with Crippen molar-refractivity contribution in [3.05, 3.63) is 0 Å². The maximum atomic E-state index is 10.5. The van der Waals surface area contributed by atoms with Crippen LogP contribution in [0.15, 0.2) is 0 Å². The van der Waals surface area contributed by atoms with Gasteiger partial charge in [-0.25, -0.2) is 4.79 Å². The van der Waals surface area contributed by atoms with Crippen molar-refractivity contribution in [2.75, 3.05) is 6.54 Å². The molecule has 0 spiro atoms. The molecule has 2 aliphatic rings. The van der Waals surface area contributed by atoms with Crippen LogP contribution in [0.5, 0.6) is 0 Å². The highest BCUT2D eigenvalue weighted by Gasteiger charge is 2.49. The van der Waals surface area contributed by atoms with Crippen LogP contribution in [-0.2, 0) is 0 Å². The number of likely N-dealkylation sites (tertiary alicyclic amines) is 1. The first-order valence-corrected chi connectivity index (χ1v) is 3.88. The fourth-order valence-electron chi connectivity index (χ4n) is 2.14. The molecule has 2 rings (SSSR count). The Morgan fingerprint density at radius 3 is 2.73 bits per heavy atom. The third-order valence-electron chi connectivity index (χ3n) is 2.75. The Morgan fingerprint density at radius 1 is 1.45 bits per heavy atom. The van der Waals surface area contributed by atoms with Crippen LogP contribution in [0.1, 0.15) is 12.8 Å². The van der Waals surface area contributed by atoms with E-state index in [1.165, 1.54) is 4.90 Å². The molecule has 3 atom stereocenters. The predicted octanol–water partition coefficient (Wildman–Crippen LogP) is 0.120. The number of carbonyl (C=O) groups is 1. The summed E-state index contributed by atoms with van der Waals surface area (Å²) in [7, 11) is 0. The van der Waals surface area contributed by atoms with Gasteiger partial charge in [0.05, 0.1) is 12.1 Å². The summed E-state index contributed by atoms with van der Waals surface area (Å²) in [6.45, 7) is 0.622. The van der Waals surface area contributed by atoms with Gasteiger partial charge in [0.25, 0.3) is 0 Å². The van der Waals surface area contributed by atoms with Gasteiger partial charge in [-0.15, -0.1) is 0 Å². The number of carboxylic acid groups (broad SMARTS) is 1. The molecule has 1 amide bonds. The molecule has 1 saturated heterocycles. The van der Waals surface area contributed by atoms with Crippen molar-refractivity contribution in [1.82, 2.24) is 4.90 Å². The largest absolute Gasteiger partial charge is 0.465 e. The fraction of sp³-hybridized carbons (Fsp3) is 0.857. The molecule has 62 valence electrons. The van der Waals surface area contributed by atoms with E-state index >= 15 is 0 Å². The van der Waals surface area contributed by atoms with Crippen LogP contribution in [0.25, 0.3) is 0 Å². The summed E-state index contributed by atoms with van der Waals surface area (Å²) in [5.41, 5.74) is 0. The lowest BCUT2D eigenvalue weighted by atomic mass is 9.92. The van der Waals surface area contributed by atoms with Gasteiger partial charge in [-0.2, -0.15) is 0 Å². The summed E-state index contributed by atoms with van der Waals surface area (Å²) >= 11 is 0. The number of rotatable bonds is 0. The van der Waals surface area contributed by atoms with E-state index in [0.717, 1.165) is 12.8 Å². The van der Waals surface area contributed by atoms with Crippen molar-refractivity contribution in [2.24, 2.45) is 5.92 Å². The second kappa shape index (κ2) is 2.11. The lowest BCUT2D eigenvalue weighted by Gasteiger charge is -2.43. The zero-order valence-electron chi connectivity index (χ0n) is 6.10. The molecular formula is C7H11NO3. The SMILES string of the molecule is O=C(O)N1C[C@H]2CCC(O)[C@H]21. The van der Waals surface area contributed by atoms with E-state index in [9.17, 15) is 9.90 Å². The summed E-state index contributed by atoms with van der Waals surface area (Å²) in [5, 5.41) is 17.9. The summed E-state index contributed by atoms with van der Waals surface area (Å²) in [6, 6.07) is -0.0903. The van der Waals surface area contributed by atoms with Gasteiger partial charge < -0.3 is 15.1 Å². The second-order valence-corrected chi connectivity index (χ2v) is 3.33. The molecule has 1 aliphatic carbocycles. The molecule has 0 aromatic heterocycles. The minimum atomic E-state index is -0.896. The minimum absolute atomic E-state index is 0.0903. The van der Waals surface area contributed by atoms with Crippen molar-refractivity contribution >= 4 is 6.09 Å². The van der Waals surface area contributed by atoms with Crippen molar-refractivity contribution in [1.29, 1.82) is 0 Å². The predicted molar refractivity (Wildman–Crippen MR) is 37.2 cm³/mol. The third kappa shape index (κ3) is 0.822. The van der Waals surface area contributed by atoms with Crippen molar-refractivity contribution in [3.63, 3.8) is 0 Å². The molecule has 1 unspecified atom stereocenters.